The summed E-state index contributed by atoms with van der Waals surface area (Å²) in [4.78, 5) is 3.68. The van der Waals surface area contributed by atoms with E-state index in [1.54, 1.807) is 11.3 Å². The molecule has 1 heterocycles. The molecule has 0 spiro atoms. The molecule has 0 aromatic carbocycles. The number of aryl methyl sites for hydroxylation is 1. The van der Waals surface area contributed by atoms with E-state index < -0.39 is 0 Å². The van der Waals surface area contributed by atoms with Gasteiger partial charge in [-0.05, 0) is 37.9 Å². The monoisotopic (exact) mass is 274 g/mol. The number of hydrogen-bond acceptors (Lipinski definition) is 3. The standard InChI is InChI=1S/C13H23ClN2S/c1-5-16(6-2)8-11(4)15-7-12-13(14)10(3)9-17-12/h9,11,15H,5-8H2,1-4H3. The SMILES string of the molecule is CCN(CC)CC(C)NCc1scc(C)c1Cl. The van der Waals surface area contributed by atoms with Crippen LogP contribution in [0.2, 0.25) is 5.02 Å². The summed E-state index contributed by atoms with van der Waals surface area (Å²) in [6.45, 7) is 12.9. The zero-order valence-corrected chi connectivity index (χ0v) is 12.8. The highest BCUT2D eigenvalue weighted by molar-refractivity contribution is 7.10. The van der Waals surface area contributed by atoms with Crippen LogP contribution in [0.25, 0.3) is 0 Å². The summed E-state index contributed by atoms with van der Waals surface area (Å²) in [5.74, 6) is 0. The molecule has 1 N–H and O–H groups in total. The predicted octanol–water partition coefficient (Wildman–Crippen LogP) is 3.53. The first kappa shape index (κ1) is 15.0. The molecule has 0 fully saturated rings. The van der Waals surface area contributed by atoms with Crippen LogP contribution in [-0.2, 0) is 6.54 Å². The maximum absolute atomic E-state index is 6.21. The van der Waals surface area contributed by atoms with Crippen molar-refractivity contribution in [3.05, 3.63) is 20.8 Å². The Morgan fingerprint density at radius 3 is 2.53 bits per heavy atom. The summed E-state index contributed by atoms with van der Waals surface area (Å²) in [6, 6.07) is 0.494. The Morgan fingerprint density at radius 2 is 2.06 bits per heavy atom. The third-order valence-electron chi connectivity index (χ3n) is 3.01. The molecular weight excluding hydrogens is 252 g/mol. The predicted molar refractivity (Wildman–Crippen MR) is 78.2 cm³/mol. The van der Waals surface area contributed by atoms with Crippen LogP contribution in [0.4, 0.5) is 0 Å². The number of thiophene rings is 1. The van der Waals surface area contributed by atoms with Crippen molar-refractivity contribution in [1.29, 1.82) is 0 Å². The zero-order valence-electron chi connectivity index (χ0n) is 11.2. The van der Waals surface area contributed by atoms with Gasteiger partial charge in [-0.2, -0.15) is 0 Å². The Kier molecular flexibility index (Phi) is 6.49. The van der Waals surface area contributed by atoms with Gasteiger partial charge < -0.3 is 10.2 Å². The molecule has 0 saturated carbocycles. The lowest BCUT2D eigenvalue weighted by Gasteiger charge is -2.23. The van der Waals surface area contributed by atoms with Crippen LogP contribution in [-0.4, -0.2) is 30.6 Å². The van der Waals surface area contributed by atoms with Crippen LogP contribution in [0.15, 0.2) is 5.38 Å². The summed E-state index contributed by atoms with van der Waals surface area (Å²) in [6.07, 6.45) is 0. The van der Waals surface area contributed by atoms with Crippen molar-refractivity contribution in [3.8, 4) is 0 Å². The maximum atomic E-state index is 6.21. The summed E-state index contributed by atoms with van der Waals surface area (Å²) in [5.41, 5.74) is 1.19. The molecule has 2 nitrogen and oxygen atoms in total. The normalized spacial score (nSPS) is 13.3. The van der Waals surface area contributed by atoms with E-state index in [-0.39, 0.29) is 0 Å². The molecule has 0 saturated heterocycles. The average molecular weight is 275 g/mol. The third-order valence-corrected chi connectivity index (χ3v) is 4.75. The van der Waals surface area contributed by atoms with E-state index in [0.717, 1.165) is 31.2 Å². The second-order valence-electron chi connectivity index (χ2n) is 4.42. The van der Waals surface area contributed by atoms with E-state index >= 15 is 0 Å². The van der Waals surface area contributed by atoms with E-state index in [2.05, 4.69) is 43.3 Å². The van der Waals surface area contributed by atoms with Gasteiger partial charge in [-0.1, -0.05) is 25.4 Å². The average Bonchev–Trinajstić information content (AvgIpc) is 2.64. The smallest absolute Gasteiger partial charge is 0.0587 e. The van der Waals surface area contributed by atoms with E-state index in [0.29, 0.717) is 6.04 Å². The zero-order chi connectivity index (χ0) is 12.8. The Morgan fingerprint density at radius 1 is 1.41 bits per heavy atom. The lowest BCUT2D eigenvalue weighted by molar-refractivity contribution is 0.271. The Labute approximate surface area is 114 Å². The fourth-order valence-electron chi connectivity index (χ4n) is 1.80. The van der Waals surface area contributed by atoms with Crippen LogP contribution in [0.3, 0.4) is 0 Å². The quantitative estimate of drug-likeness (QED) is 0.818. The number of halogens is 1. The maximum Gasteiger partial charge on any atom is 0.0587 e. The fourth-order valence-corrected chi connectivity index (χ4v) is 2.99. The lowest BCUT2D eigenvalue weighted by atomic mass is 10.3. The highest BCUT2D eigenvalue weighted by Crippen LogP contribution is 2.26. The number of rotatable bonds is 7. The minimum Gasteiger partial charge on any atom is -0.308 e. The van der Waals surface area contributed by atoms with Crippen molar-refractivity contribution in [1.82, 2.24) is 10.2 Å². The summed E-state index contributed by atoms with van der Waals surface area (Å²) in [7, 11) is 0. The van der Waals surface area contributed by atoms with Crippen LogP contribution in [0.1, 0.15) is 31.2 Å². The molecule has 0 amide bonds. The highest BCUT2D eigenvalue weighted by atomic mass is 35.5. The van der Waals surface area contributed by atoms with Gasteiger partial charge in [0.25, 0.3) is 0 Å². The summed E-state index contributed by atoms with van der Waals surface area (Å²) in [5, 5.41) is 6.58. The first-order valence-corrected chi connectivity index (χ1v) is 7.52. The number of nitrogens with one attached hydrogen (secondary N) is 1. The minimum absolute atomic E-state index is 0.494. The number of nitrogens with zero attached hydrogens (tertiary/aromatic N) is 1. The molecule has 1 unspecified atom stereocenters. The number of hydrogen-bond donors (Lipinski definition) is 1. The highest BCUT2D eigenvalue weighted by Gasteiger charge is 2.09. The van der Waals surface area contributed by atoms with Crippen molar-refractivity contribution in [3.63, 3.8) is 0 Å². The molecule has 1 aromatic rings. The second kappa shape index (κ2) is 7.37. The molecule has 1 atom stereocenters. The van der Waals surface area contributed by atoms with Gasteiger partial charge in [-0.25, -0.2) is 0 Å². The topological polar surface area (TPSA) is 15.3 Å². The van der Waals surface area contributed by atoms with Crippen molar-refractivity contribution in [2.75, 3.05) is 19.6 Å². The van der Waals surface area contributed by atoms with Crippen LogP contribution in [0.5, 0.6) is 0 Å². The number of likely N-dealkylation sites (N-methyl/N-ethyl adjacent to an activating group) is 1. The Balaban J connectivity index is 2.37. The fraction of sp³-hybridized carbons (Fsp3) is 0.692. The van der Waals surface area contributed by atoms with Crippen molar-refractivity contribution >= 4 is 22.9 Å². The van der Waals surface area contributed by atoms with Gasteiger partial charge in [0, 0.05) is 24.0 Å². The van der Waals surface area contributed by atoms with Crippen molar-refractivity contribution in [2.24, 2.45) is 0 Å². The molecule has 0 bridgehead atoms. The lowest BCUT2D eigenvalue weighted by Crippen LogP contribution is -2.38. The van der Waals surface area contributed by atoms with E-state index in [4.69, 9.17) is 11.6 Å². The molecule has 17 heavy (non-hydrogen) atoms. The molecule has 1 aromatic heterocycles. The first-order chi connectivity index (χ1) is 8.08. The van der Waals surface area contributed by atoms with Crippen LogP contribution >= 0.6 is 22.9 Å². The molecule has 4 heteroatoms. The van der Waals surface area contributed by atoms with E-state index in [1.165, 1.54) is 10.4 Å². The van der Waals surface area contributed by atoms with Gasteiger partial charge in [0.1, 0.15) is 0 Å². The van der Waals surface area contributed by atoms with Gasteiger partial charge >= 0.3 is 0 Å². The summed E-state index contributed by atoms with van der Waals surface area (Å²) >= 11 is 7.95. The second-order valence-corrected chi connectivity index (χ2v) is 5.77. The minimum atomic E-state index is 0.494. The van der Waals surface area contributed by atoms with Gasteiger partial charge in [-0.3, -0.25) is 0 Å². The first-order valence-electron chi connectivity index (χ1n) is 6.26. The Bertz CT molecular complexity index is 334. The van der Waals surface area contributed by atoms with Gasteiger partial charge in [0.15, 0.2) is 0 Å². The summed E-state index contributed by atoms with van der Waals surface area (Å²) < 4.78 is 0. The molecule has 0 aliphatic carbocycles. The molecular formula is C13H23ClN2S. The van der Waals surface area contributed by atoms with E-state index in [9.17, 15) is 0 Å². The molecule has 0 aliphatic heterocycles. The molecule has 1 rings (SSSR count). The van der Waals surface area contributed by atoms with Crippen molar-refractivity contribution in [2.45, 2.75) is 40.3 Å². The van der Waals surface area contributed by atoms with Gasteiger partial charge in [-0.15, -0.1) is 11.3 Å². The van der Waals surface area contributed by atoms with Gasteiger partial charge in [0.05, 0.1) is 5.02 Å². The molecule has 0 aliphatic rings. The van der Waals surface area contributed by atoms with E-state index in [1.807, 2.05) is 0 Å². The Hall–Kier alpha value is -0.0900. The third kappa shape index (κ3) is 4.59. The molecule has 0 radical (unpaired) electrons. The van der Waals surface area contributed by atoms with Gasteiger partial charge in [0.2, 0.25) is 0 Å². The van der Waals surface area contributed by atoms with Crippen LogP contribution in [0, 0.1) is 6.92 Å². The van der Waals surface area contributed by atoms with Crippen molar-refractivity contribution < 1.29 is 0 Å². The largest absolute Gasteiger partial charge is 0.308 e. The molecule has 98 valence electrons. The van der Waals surface area contributed by atoms with Crippen LogP contribution < -0.4 is 5.32 Å².